The fourth-order valence-electron chi connectivity index (χ4n) is 2.69. The van der Waals surface area contributed by atoms with E-state index in [1.54, 1.807) is 34.6 Å². The van der Waals surface area contributed by atoms with Gasteiger partial charge in [0, 0.05) is 18.4 Å². The molecule has 0 bridgehead atoms. The summed E-state index contributed by atoms with van der Waals surface area (Å²) in [6, 6.07) is 0. The highest BCUT2D eigenvalue weighted by molar-refractivity contribution is 6.13. The number of carboxylic acid groups (broad SMARTS) is 2. The minimum Gasteiger partial charge on any atom is -0.479 e. The lowest BCUT2D eigenvalue weighted by atomic mass is 9.93. The summed E-state index contributed by atoms with van der Waals surface area (Å²) in [5.41, 5.74) is -4.31. The summed E-state index contributed by atoms with van der Waals surface area (Å²) in [4.78, 5) is 71.7. The number of rotatable bonds is 18. The second-order valence-electron chi connectivity index (χ2n) is 9.53. The second-order valence-corrected chi connectivity index (χ2v) is 9.53. The van der Waals surface area contributed by atoms with Crippen LogP contribution in [0.4, 0.5) is 0 Å². The predicted molar refractivity (Wildman–Crippen MR) is 121 cm³/mol. The molecule has 10 heteroatoms. The van der Waals surface area contributed by atoms with Gasteiger partial charge in [0.25, 0.3) is 0 Å². The van der Waals surface area contributed by atoms with Crippen molar-refractivity contribution in [2.24, 2.45) is 17.8 Å². The van der Waals surface area contributed by atoms with Gasteiger partial charge in [-0.15, -0.1) is 0 Å². The van der Waals surface area contributed by atoms with E-state index in [1.165, 1.54) is 0 Å². The van der Waals surface area contributed by atoms with Gasteiger partial charge in [-0.25, -0.2) is 9.59 Å². The van der Waals surface area contributed by atoms with E-state index in [9.17, 15) is 39.0 Å². The van der Waals surface area contributed by atoms with Gasteiger partial charge in [0.1, 0.15) is 11.6 Å². The molecule has 0 amide bonds. The lowest BCUT2D eigenvalue weighted by molar-refractivity contribution is -0.172. The average molecular weight is 487 g/mol. The number of carboxylic acids is 2. The molecular formula is C24H38O10. The largest absolute Gasteiger partial charge is 0.479 e. The smallest absolute Gasteiger partial charge is 0.343 e. The molecule has 0 aromatic rings. The molecular weight excluding hydrogens is 448 g/mol. The fraction of sp³-hybridized carbons (Fsp3) is 0.750. The van der Waals surface area contributed by atoms with Gasteiger partial charge in [0.15, 0.2) is 11.6 Å². The van der Waals surface area contributed by atoms with Crippen molar-refractivity contribution in [1.29, 1.82) is 0 Å². The molecule has 0 rings (SSSR count). The minimum absolute atomic E-state index is 0.0905. The molecule has 0 saturated carbocycles. The zero-order valence-corrected chi connectivity index (χ0v) is 21.1. The number of aliphatic carboxylic acids is 2. The first-order valence-corrected chi connectivity index (χ1v) is 11.4. The summed E-state index contributed by atoms with van der Waals surface area (Å²) in [6.07, 6.45) is -0.332. The Morgan fingerprint density at radius 3 is 1.44 bits per heavy atom. The van der Waals surface area contributed by atoms with Crippen molar-refractivity contribution in [3.63, 3.8) is 0 Å². The van der Waals surface area contributed by atoms with Crippen LogP contribution in [-0.2, 0) is 38.2 Å². The molecule has 34 heavy (non-hydrogen) atoms. The van der Waals surface area contributed by atoms with E-state index < -0.39 is 59.4 Å². The molecule has 0 aliphatic heterocycles. The molecule has 0 aromatic carbocycles. The molecule has 0 heterocycles. The molecule has 3 unspecified atom stereocenters. The maximum Gasteiger partial charge on any atom is 0.343 e. The van der Waals surface area contributed by atoms with Crippen LogP contribution in [0.2, 0.25) is 0 Å². The number of ketones is 4. The Morgan fingerprint density at radius 1 is 0.706 bits per heavy atom. The Kier molecular flexibility index (Phi) is 12.5. The van der Waals surface area contributed by atoms with Crippen molar-refractivity contribution in [2.45, 2.75) is 85.4 Å². The summed E-state index contributed by atoms with van der Waals surface area (Å²) >= 11 is 0. The monoisotopic (exact) mass is 486 g/mol. The summed E-state index contributed by atoms with van der Waals surface area (Å²) in [6.45, 7) is 10.2. The first-order chi connectivity index (χ1) is 15.5. The number of hydrogen-bond acceptors (Lipinski definition) is 8. The van der Waals surface area contributed by atoms with Gasteiger partial charge in [0.05, 0.1) is 19.4 Å². The quantitative estimate of drug-likeness (QED) is 0.217. The Morgan fingerprint density at radius 2 is 1.09 bits per heavy atom. The van der Waals surface area contributed by atoms with Crippen LogP contribution in [0.1, 0.15) is 74.1 Å². The van der Waals surface area contributed by atoms with Crippen LogP contribution in [-0.4, -0.2) is 69.7 Å². The molecule has 0 aromatic heterocycles. The van der Waals surface area contributed by atoms with Gasteiger partial charge in [-0.1, -0.05) is 34.6 Å². The van der Waals surface area contributed by atoms with Gasteiger partial charge in [-0.05, 0) is 32.6 Å². The first-order valence-electron chi connectivity index (χ1n) is 11.4. The zero-order chi connectivity index (χ0) is 26.9. The molecule has 0 spiro atoms. The summed E-state index contributed by atoms with van der Waals surface area (Å²) < 4.78 is 10.8. The van der Waals surface area contributed by atoms with Crippen LogP contribution in [0, 0.1) is 17.8 Å². The molecule has 3 atom stereocenters. The van der Waals surface area contributed by atoms with Crippen molar-refractivity contribution in [2.75, 3.05) is 13.2 Å². The third-order valence-electron chi connectivity index (χ3n) is 5.73. The van der Waals surface area contributed by atoms with E-state index in [-0.39, 0.29) is 30.7 Å². The second kappa shape index (κ2) is 13.4. The zero-order valence-electron chi connectivity index (χ0n) is 21.1. The van der Waals surface area contributed by atoms with Gasteiger partial charge in [0.2, 0.25) is 11.2 Å². The fourth-order valence-corrected chi connectivity index (χ4v) is 2.69. The number of Topliss-reactive ketones (excluding diaryl/α,β-unsaturated/α-hetero) is 4. The summed E-state index contributed by atoms with van der Waals surface area (Å²) in [5.74, 6) is -6.45. The topological polar surface area (TPSA) is 161 Å². The maximum absolute atomic E-state index is 12.4. The summed E-state index contributed by atoms with van der Waals surface area (Å²) in [5, 5.41) is 18.9. The SMILES string of the molecule is CC(CCCOC(C)(C(=O)O)C(=O)CC(=O)C(C)C)COC(C)(C(=O)O)C(=O)CC(=O)C(C)C. The molecule has 0 aliphatic rings. The van der Waals surface area contributed by atoms with Gasteiger partial charge >= 0.3 is 11.9 Å². The molecule has 0 saturated heterocycles. The standard InChI is InChI=1S/C24H38O10/c1-14(2)17(25)11-19(27)23(6,21(29)30)33-10-8-9-16(5)13-34-24(7,22(31)32)20(28)12-18(26)15(3)4/h14-16H,8-13H2,1-7H3,(H,29,30)(H,31,32). The molecule has 194 valence electrons. The Bertz CT molecular complexity index is 785. The van der Waals surface area contributed by atoms with E-state index >= 15 is 0 Å². The van der Waals surface area contributed by atoms with Crippen molar-refractivity contribution in [3.8, 4) is 0 Å². The van der Waals surface area contributed by atoms with Crippen molar-refractivity contribution in [3.05, 3.63) is 0 Å². The number of carbonyl (C=O) groups excluding carboxylic acids is 4. The van der Waals surface area contributed by atoms with Crippen LogP contribution in [0.15, 0.2) is 0 Å². The van der Waals surface area contributed by atoms with Crippen molar-refractivity contribution in [1.82, 2.24) is 0 Å². The summed E-state index contributed by atoms with van der Waals surface area (Å²) in [7, 11) is 0. The van der Waals surface area contributed by atoms with Crippen LogP contribution < -0.4 is 0 Å². The van der Waals surface area contributed by atoms with Crippen molar-refractivity contribution < 1.29 is 48.5 Å². The molecule has 0 fully saturated rings. The highest BCUT2D eigenvalue weighted by Crippen LogP contribution is 2.21. The Hall–Kier alpha value is -2.46. The third kappa shape index (κ3) is 9.06. The van der Waals surface area contributed by atoms with E-state index in [0.29, 0.717) is 12.8 Å². The highest BCUT2D eigenvalue weighted by Gasteiger charge is 2.44. The van der Waals surface area contributed by atoms with E-state index in [1.807, 2.05) is 0 Å². The number of ether oxygens (including phenoxy) is 2. The lowest BCUT2D eigenvalue weighted by Gasteiger charge is -2.26. The van der Waals surface area contributed by atoms with Crippen LogP contribution in [0.5, 0.6) is 0 Å². The maximum atomic E-state index is 12.4. The van der Waals surface area contributed by atoms with E-state index in [4.69, 9.17) is 9.47 Å². The van der Waals surface area contributed by atoms with Crippen LogP contribution in [0.3, 0.4) is 0 Å². The van der Waals surface area contributed by atoms with E-state index in [0.717, 1.165) is 13.8 Å². The third-order valence-corrected chi connectivity index (χ3v) is 5.73. The van der Waals surface area contributed by atoms with Gasteiger partial charge in [-0.2, -0.15) is 0 Å². The molecule has 10 nitrogen and oxygen atoms in total. The predicted octanol–water partition coefficient (Wildman–Crippen LogP) is 2.49. The van der Waals surface area contributed by atoms with Crippen LogP contribution >= 0.6 is 0 Å². The molecule has 2 N–H and O–H groups in total. The van der Waals surface area contributed by atoms with Gasteiger partial charge in [-0.3, -0.25) is 19.2 Å². The Balaban J connectivity index is 4.86. The first kappa shape index (κ1) is 31.5. The number of carbonyl (C=O) groups is 6. The average Bonchev–Trinajstić information content (AvgIpc) is 2.73. The minimum atomic E-state index is -2.16. The Labute approximate surface area is 200 Å². The van der Waals surface area contributed by atoms with Crippen molar-refractivity contribution >= 4 is 35.1 Å². The number of hydrogen-bond donors (Lipinski definition) is 2. The molecule has 0 aliphatic carbocycles. The highest BCUT2D eigenvalue weighted by atomic mass is 16.5. The van der Waals surface area contributed by atoms with Crippen LogP contribution in [0.25, 0.3) is 0 Å². The lowest BCUT2D eigenvalue weighted by Crippen LogP contribution is -2.48. The molecule has 0 radical (unpaired) electrons. The normalized spacial score (nSPS) is 15.9. The van der Waals surface area contributed by atoms with E-state index in [2.05, 4.69) is 0 Å². The van der Waals surface area contributed by atoms with Gasteiger partial charge < -0.3 is 19.7 Å².